The van der Waals surface area contributed by atoms with Crippen LogP contribution in [0.1, 0.15) is 30.2 Å². The molecule has 0 aliphatic heterocycles. The van der Waals surface area contributed by atoms with Crippen LogP contribution in [-0.4, -0.2) is 0 Å². The van der Waals surface area contributed by atoms with Crippen molar-refractivity contribution < 1.29 is 4.42 Å². The Morgan fingerprint density at radius 2 is 2.21 bits per heavy atom. The van der Waals surface area contributed by atoms with Crippen LogP contribution in [0.2, 0.25) is 0 Å². The van der Waals surface area contributed by atoms with Gasteiger partial charge in [-0.05, 0) is 30.9 Å². The molecule has 14 heavy (non-hydrogen) atoms. The highest BCUT2D eigenvalue weighted by atomic mass is 16.3. The van der Waals surface area contributed by atoms with Gasteiger partial charge in [0.25, 0.3) is 0 Å². The van der Waals surface area contributed by atoms with Gasteiger partial charge in [-0.25, -0.2) is 0 Å². The van der Waals surface area contributed by atoms with E-state index in [9.17, 15) is 0 Å². The molecule has 0 spiro atoms. The van der Waals surface area contributed by atoms with Crippen LogP contribution < -0.4 is 0 Å². The Kier molecular flexibility index (Phi) is 1.66. The monoisotopic (exact) mass is 186 g/mol. The van der Waals surface area contributed by atoms with Gasteiger partial charge in [0, 0.05) is 17.4 Å². The van der Waals surface area contributed by atoms with Crippen molar-refractivity contribution >= 4 is 11.0 Å². The van der Waals surface area contributed by atoms with E-state index in [4.69, 9.17) is 4.42 Å². The number of rotatable bonds is 1. The lowest BCUT2D eigenvalue weighted by Crippen LogP contribution is -1.99. The fourth-order valence-electron chi connectivity index (χ4n) is 2.55. The van der Waals surface area contributed by atoms with Gasteiger partial charge < -0.3 is 4.42 Å². The first-order chi connectivity index (χ1) is 6.90. The summed E-state index contributed by atoms with van der Waals surface area (Å²) in [6.07, 6.45) is 4.71. The standard InChI is InChI=1S/C13H14O/c1-2-11-10-7-3-5-9-6-4-8-12(14-11)13(9)10/h4,6,8H,2-3,5,7H2,1H3. The molecule has 0 radical (unpaired) electrons. The predicted molar refractivity (Wildman–Crippen MR) is 57.6 cm³/mol. The third-order valence-electron chi connectivity index (χ3n) is 3.18. The number of hydrogen-bond donors (Lipinski definition) is 0. The van der Waals surface area contributed by atoms with Crippen molar-refractivity contribution in [2.24, 2.45) is 0 Å². The van der Waals surface area contributed by atoms with Crippen molar-refractivity contribution in [3.8, 4) is 0 Å². The minimum absolute atomic E-state index is 1.02. The topological polar surface area (TPSA) is 13.1 Å². The van der Waals surface area contributed by atoms with E-state index in [0.29, 0.717) is 0 Å². The van der Waals surface area contributed by atoms with Gasteiger partial charge in [-0.15, -0.1) is 0 Å². The van der Waals surface area contributed by atoms with Crippen LogP contribution in [0.4, 0.5) is 0 Å². The molecular formula is C13H14O. The van der Waals surface area contributed by atoms with Crippen molar-refractivity contribution in [1.82, 2.24) is 0 Å². The van der Waals surface area contributed by atoms with Crippen molar-refractivity contribution in [2.45, 2.75) is 32.6 Å². The molecule has 3 rings (SSSR count). The quantitative estimate of drug-likeness (QED) is 0.664. The van der Waals surface area contributed by atoms with E-state index in [1.165, 1.54) is 41.5 Å². The molecule has 1 aliphatic rings. The first-order valence-corrected chi connectivity index (χ1v) is 5.42. The third-order valence-corrected chi connectivity index (χ3v) is 3.18. The lowest BCUT2D eigenvalue weighted by atomic mass is 9.91. The molecule has 1 aromatic heterocycles. The summed E-state index contributed by atoms with van der Waals surface area (Å²) in [5.74, 6) is 1.20. The minimum Gasteiger partial charge on any atom is -0.461 e. The highest BCUT2D eigenvalue weighted by Crippen LogP contribution is 2.34. The van der Waals surface area contributed by atoms with Crippen LogP contribution in [0.15, 0.2) is 22.6 Å². The van der Waals surface area contributed by atoms with Gasteiger partial charge in [-0.1, -0.05) is 19.1 Å². The molecule has 1 aromatic carbocycles. The largest absolute Gasteiger partial charge is 0.461 e. The molecule has 0 amide bonds. The van der Waals surface area contributed by atoms with E-state index >= 15 is 0 Å². The second kappa shape index (κ2) is 2.88. The zero-order chi connectivity index (χ0) is 9.54. The van der Waals surface area contributed by atoms with Gasteiger partial charge in [0.2, 0.25) is 0 Å². The van der Waals surface area contributed by atoms with Crippen LogP contribution in [0.3, 0.4) is 0 Å². The predicted octanol–water partition coefficient (Wildman–Crippen LogP) is 3.48. The van der Waals surface area contributed by atoms with E-state index in [2.05, 4.69) is 25.1 Å². The second-order valence-corrected chi connectivity index (χ2v) is 4.00. The molecule has 0 fully saturated rings. The summed E-state index contributed by atoms with van der Waals surface area (Å²) in [7, 11) is 0. The summed E-state index contributed by atoms with van der Waals surface area (Å²) in [6, 6.07) is 6.43. The summed E-state index contributed by atoms with van der Waals surface area (Å²) in [5.41, 5.74) is 4.05. The molecule has 0 unspecified atom stereocenters. The Hall–Kier alpha value is -1.24. The summed E-state index contributed by atoms with van der Waals surface area (Å²) in [4.78, 5) is 0. The highest BCUT2D eigenvalue weighted by Gasteiger charge is 2.18. The maximum atomic E-state index is 5.86. The summed E-state index contributed by atoms with van der Waals surface area (Å²) < 4.78 is 5.86. The molecule has 0 atom stereocenters. The van der Waals surface area contributed by atoms with Crippen LogP contribution in [-0.2, 0) is 19.3 Å². The zero-order valence-electron chi connectivity index (χ0n) is 8.47. The van der Waals surface area contributed by atoms with Crippen LogP contribution in [0.5, 0.6) is 0 Å². The highest BCUT2D eigenvalue weighted by molar-refractivity contribution is 5.86. The lowest BCUT2D eigenvalue weighted by molar-refractivity contribution is 0.549. The van der Waals surface area contributed by atoms with Gasteiger partial charge in [0.1, 0.15) is 11.3 Å². The Morgan fingerprint density at radius 3 is 3.07 bits per heavy atom. The lowest BCUT2D eigenvalue weighted by Gasteiger charge is -2.11. The SMILES string of the molecule is CCc1oc2cccc3c2c1CCC3. The third kappa shape index (κ3) is 0.955. The molecule has 72 valence electrons. The number of benzene rings is 1. The molecule has 1 nitrogen and oxygen atoms in total. The van der Waals surface area contributed by atoms with E-state index in [0.717, 1.165) is 12.0 Å². The van der Waals surface area contributed by atoms with Gasteiger partial charge in [-0.3, -0.25) is 0 Å². The summed E-state index contributed by atoms with van der Waals surface area (Å²) in [5, 5.41) is 1.41. The van der Waals surface area contributed by atoms with Crippen molar-refractivity contribution in [1.29, 1.82) is 0 Å². The normalized spacial score (nSPS) is 14.9. The van der Waals surface area contributed by atoms with E-state index < -0.39 is 0 Å². The number of furan rings is 1. The minimum atomic E-state index is 1.02. The fraction of sp³-hybridized carbons (Fsp3) is 0.385. The molecular weight excluding hydrogens is 172 g/mol. The smallest absolute Gasteiger partial charge is 0.134 e. The molecule has 1 heteroatoms. The first kappa shape index (κ1) is 8.10. The summed E-state index contributed by atoms with van der Waals surface area (Å²) >= 11 is 0. The molecule has 1 aliphatic carbocycles. The van der Waals surface area contributed by atoms with Crippen molar-refractivity contribution in [2.75, 3.05) is 0 Å². The first-order valence-electron chi connectivity index (χ1n) is 5.42. The average Bonchev–Trinajstić information content (AvgIpc) is 2.60. The average molecular weight is 186 g/mol. The van der Waals surface area contributed by atoms with Gasteiger partial charge in [-0.2, -0.15) is 0 Å². The maximum absolute atomic E-state index is 5.86. The second-order valence-electron chi connectivity index (χ2n) is 4.00. The Morgan fingerprint density at radius 1 is 1.29 bits per heavy atom. The number of aryl methyl sites for hydroxylation is 3. The summed E-state index contributed by atoms with van der Waals surface area (Å²) in [6.45, 7) is 2.17. The Labute approximate surface area is 83.7 Å². The maximum Gasteiger partial charge on any atom is 0.134 e. The molecule has 1 heterocycles. The molecule has 0 N–H and O–H groups in total. The van der Waals surface area contributed by atoms with E-state index in [1.807, 2.05) is 0 Å². The number of hydrogen-bond acceptors (Lipinski definition) is 1. The molecule has 2 aromatic rings. The van der Waals surface area contributed by atoms with E-state index in [-0.39, 0.29) is 0 Å². The Bertz CT molecular complexity index is 479. The van der Waals surface area contributed by atoms with Gasteiger partial charge in [0.05, 0.1) is 0 Å². The van der Waals surface area contributed by atoms with Crippen LogP contribution in [0.25, 0.3) is 11.0 Å². The molecule has 0 bridgehead atoms. The van der Waals surface area contributed by atoms with Gasteiger partial charge >= 0.3 is 0 Å². The van der Waals surface area contributed by atoms with Crippen molar-refractivity contribution in [3.63, 3.8) is 0 Å². The van der Waals surface area contributed by atoms with Crippen LogP contribution >= 0.6 is 0 Å². The Balaban J connectivity index is 2.42. The zero-order valence-corrected chi connectivity index (χ0v) is 8.47. The van der Waals surface area contributed by atoms with Crippen LogP contribution in [0, 0.1) is 0 Å². The molecule has 0 saturated heterocycles. The van der Waals surface area contributed by atoms with Crippen molar-refractivity contribution in [3.05, 3.63) is 35.1 Å². The van der Waals surface area contributed by atoms with E-state index in [1.54, 1.807) is 0 Å². The van der Waals surface area contributed by atoms with Gasteiger partial charge in [0.15, 0.2) is 0 Å². The fourth-order valence-corrected chi connectivity index (χ4v) is 2.55. The molecule has 0 saturated carbocycles.